The monoisotopic (exact) mass is 1090 g/mol. The smallest absolute Gasteiger partial charge is 0.326 e. The lowest BCUT2D eigenvalue weighted by Crippen LogP contribution is -2.57. The summed E-state index contributed by atoms with van der Waals surface area (Å²) in [5.41, 5.74) is 12.4. The number of nitrogens with zero attached hydrogens (tertiary/aromatic N) is 4. The van der Waals surface area contributed by atoms with Gasteiger partial charge in [-0.25, -0.2) is 23.1 Å². The zero-order valence-electron chi connectivity index (χ0n) is 44.9. The Balaban J connectivity index is 1.35. The maximum absolute atomic E-state index is 15.1. The Morgan fingerprint density at radius 3 is 2.06 bits per heavy atom. The lowest BCUT2D eigenvalue weighted by molar-refractivity contribution is -0.142. The van der Waals surface area contributed by atoms with Crippen LogP contribution in [0.5, 0.6) is 0 Å². The van der Waals surface area contributed by atoms with Crippen LogP contribution in [0.15, 0.2) is 66.9 Å². The van der Waals surface area contributed by atoms with Gasteiger partial charge in [0.2, 0.25) is 29.5 Å². The normalized spacial score (nSPS) is 14.3. The Hall–Kier alpha value is -7.60. The predicted molar refractivity (Wildman–Crippen MR) is 283 cm³/mol. The number of nitrogens with two attached hydrogens (primary N) is 2. The minimum Gasteiger partial charge on any atom is -0.480 e. The zero-order valence-corrected chi connectivity index (χ0v) is 44.9. The molecule has 22 nitrogen and oxygen atoms in total. The molecular weight excluding hydrogens is 1020 g/mol. The van der Waals surface area contributed by atoms with Crippen molar-refractivity contribution in [1.82, 2.24) is 46.2 Å². The van der Waals surface area contributed by atoms with Crippen LogP contribution < -0.4 is 38.1 Å². The van der Waals surface area contributed by atoms with E-state index >= 15 is 4.39 Å². The number of hydrogen-bond donors (Lipinski definition) is 9. The number of aliphatic hydroxyl groups is 1. The summed E-state index contributed by atoms with van der Waals surface area (Å²) in [5, 5.41) is 37.9. The van der Waals surface area contributed by atoms with Gasteiger partial charge >= 0.3 is 12.0 Å². The van der Waals surface area contributed by atoms with Crippen molar-refractivity contribution in [3.05, 3.63) is 95.3 Å². The Kier molecular flexibility index (Phi) is 24.5. The summed E-state index contributed by atoms with van der Waals surface area (Å²) in [6, 6.07) is 5.68. The second kappa shape index (κ2) is 30.4. The highest BCUT2D eigenvalue weighted by Crippen LogP contribution is 2.40. The van der Waals surface area contributed by atoms with Gasteiger partial charge in [0.1, 0.15) is 42.1 Å². The van der Waals surface area contributed by atoms with Crippen LogP contribution in [0.1, 0.15) is 122 Å². The zero-order chi connectivity index (χ0) is 57.7. The molecule has 0 saturated carbocycles. The van der Waals surface area contributed by atoms with Crippen molar-refractivity contribution in [2.24, 2.45) is 22.8 Å². The number of nitrogens with one attached hydrogen (secondary N) is 5. The SMILES string of the molecule is CC(C)C(NC(=O)CCCCCN1C(=O)C=CC1=O)C(=O)N[C@@H](CCCNC(N)=O)C(=O)N[C@@H](CCCCNC(=O)[C@@H](N)CCN(C(=O)CO)[C@@H](c1nn(-c2cc(F)ccc2F)cc1Cc1ccccc1)C(C)(C)C)C(=O)O. The number of urea groups is 1. The summed E-state index contributed by atoms with van der Waals surface area (Å²) in [6.45, 7) is 8.23. The maximum atomic E-state index is 15.1. The van der Waals surface area contributed by atoms with E-state index in [0.29, 0.717) is 36.9 Å². The molecule has 3 aromatic rings. The Bertz CT molecular complexity index is 2590. The van der Waals surface area contributed by atoms with Crippen LogP contribution in [0.4, 0.5) is 13.6 Å². The van der Waals surface area contributed by atoms with Crippen LogP contribution in [0, 0.1) is 23.0 Å². The number of benzene rings is 2. The molecule has 0 fully saturated rings. The number of carboxylic acids is 1. The van der Waals surface area contributed by atoms with Gasteiger partial charge < -0.3 is 53.2 Å². The third-order valence-electron chi connectivity index (χ3n) is 13.0. The predicted octanol–water partition coefficient (Wildman–Crippen LogP) is 2.78. The molecule has 426 valence electrons. The van der Waals surface area contributed by atoms with Gasteiger partial charge in [0.25, 0.3) is 11.8 Å². The van der Waals surface area contributed by atoms with Crippen molar-refractivity contribution in [3.63, 3.8) is 0 Å². The van der Waals surface area contributed by atoms with Gasteiger partial charge in [-0.15, -0.1) is 0 Å². The van der Waals surface area contributed by atoms with Crippen LogP contribution in [0.25, 0.3) is 5.69 Å². The number of amides is 9. The van der Waals surface area contributed by atoms with Crippen LogP contribution in [-0.2, 0) is 44.8 Å². The highest BCUT2D eigenvalue weighted by atomic mass is 19.1. The Labute approximate surface area is 452 Å². The summed E-state index contributed by atoms with van der Waals surface area (Å²) < 4.78 is 30.8. The number of imide groups is 1. The van der Waals surface area contributed by atoms with E-state index < -0.39 is 113 Å². The summed E-state index contributed by atoms with van der Waals surface area (Å²) in [5.74, 6) is -7.27. The van der Waals surface area contributed by atoms with Gasteiger partial charge in [-0.3, -0.25) is 38.5 Å². The van der Waals surface area contributed by atoms with Crippen LogP contribution >= 0.6 is 0 Å². The van der Waals surface area contributed by atoms with E-state index in [4.69, 9.17) is 16.6 Å². The fourth-order valence-corrected chi connectivity index (χ4v) is 8.87. The van der Waals surface area contributed by atoms with E-state index in [1.54, 1.807) is 20.0 Å². The molecule has 0 bridgehead atoms. The van der Waals surface area contributed by atoms with Crippen LogP contribution in [0.3, 0.4) is 0 Å². The summed E-state index contributed by atoms with van der Waals surface area (Å²) >= 11 is 0. The summed E-state index contributed by atoms with van der Waals surface area (Å²) in [6.07, 6.45) is 6.11. The first kappa shape index (κ1) is 62.9. The topological polar surface area (TPSA) is 331 Å². The number of rotatable bonds is 32. The number of aromatic nitrogens is 2. The highest BCUT2D eigenvalue weighted by molar-refractivity contribution is 6.12. The molecular formula is C54H75F2N11O11. The molecule has 2 aromatic carbocycles. The van der Waals surface area contributed by atoms with E-state index in [1.807, 2.05) is 51.1 Å². The van der Waals surface area contributed by atoms with Crippen molar-refractivity contribution in [1.29, 1.82) is 0 Å². The van der Waals surface area contributed by atoms with Crippen LogP contribution in [0.2, 0.25) is 0 Å². The van der Waals surface area contributed by atoms with Gasteiger partial charge in [-0.1, -0.05) is 71.4 Å². The molecule has 0 aliphatic carbocycles. The lowest BCUT2D eigenvalue weighted by Gasteiger charge is -2.40. The molecule has 4 rings (SSSR count). The molecule has 1 aliphatic rings. The lowest BCUT2D eigenvalue weighted by atomic mass is 9.81. The first-order valence-corrected chi connectivity index (χ1v) is 26.1. The van der Waals surface area contributed by atoms with E-state index in [9.17, 15) is 57.8 Å². The number of primary amides is 1. The van der Waals surface area contributed by atoms with Crippen molar-refractivity contribution >= 4 is 53.4 Å². The van der Waals surface area contributed by atoms with Gasteiger partial charge in [-0.05, 0) is 80.4 Å². The third-order valence-corrected chi connectivity index (χ3v) is 13.0. The fourth-order valence-electron chi connectivity index (χ4n) is 8.87. The highest BCUT2D eigenvalue weighted by Gasteiger charge is 2.39. The van der Waals surface area contributed by atoms with Crippen LogP contribution in [-0.4, -0.2) is 140 Å². The molecule has 1 aromatic heterocycles. The first-order valence-electron chi connectivity index (χ1n) is 26.1. The molecule has 0 saturated heterocycles. The molecule has 24 heteroatoms. The molecule has 0 spiro atoms. The number of carboxylic acid groups (broad SMARTS) is 1. The summed E-state index contributed by atoms with van der Waals surface area (Å²) in [4.78, 5) is 117. The van der Waals surface area contributed by atoms with Crippen molar-refractivity contribution in [3.8, 4) is 5.69 Å². The number of carbonyl (C=O) groups excluding carboxylic acids is 8. The second-order valence-electron chi connectivity index (χ2n) is 20.6. The molecule has 1 aliphatic heterocycles. The molecule has 0 radical (unpaired) electrons. The minimum absolute atomic E-state index is 0.0366. The van der Waals surface area contributed by atoms with Crippen molar-refractivity contribution < 1.29 is 62.1 Å². The van der Waals surface area contributed by atoms with E-state index in [0.717, 1.165) is 28.7 Å². The molecule has 1 unspecified atom stereocenters. The average molecular weight is 1090 g/mol. The first-order chi connectivity index (χ1) is 36.9. The Morgan fingerprint density at radius 2 is 1.44 bits per heavy atom. The fraction of sp³-hybridized carbons (Fsp3) is 0.519. The largest absolute Gasteiger partial charge is 0.480 e. The quantitative estimate of drug-likeness (QED) is 0.0321. The van der Waals surface area contributed by atoms with Gasteiger partial charge in [0.05, 0.1) is 17.8 Å². The molecule has 9 amide bonds. The average Bonchev–Trinajstić information content (AvgIpc) is 3.95. The van der Waals surface area contributed by atoms with E-state index in [2.05, 4.69) is 26.6 Å². The number of aliphatic hydroxyl groups excluding tert-OH is 1. The number of unbranched alkanes of at least 4 members (excludes halogenated alkanes) is 3. The Morgan fingerprint density at radius 1 is 0.782 bits per heavy atom. The minimum atomic E-state index is -1.42. The number of carbonyl (C=O) groups is 9. The number of halogens is 2. The van der Waals surface area contributed by atoms with Gasteiger partial charge in [0.15, 0.2) is 0 Å². The second-order valence-corrected chi connectivity index (χ2v) is 20.6. The molecule has 11 N–H and O–H groups in total. The third kappa shape index (κ3) is 19.4. The number of aliphatic carboxylic acids is 1. The maximum Gasteiger partial charge on any atom is 0.326 e. The molecule has 5 atom stereocenters. The molecule has 2 heterocycles. The van der Waals surface area contributed by atoms with Gasteiger partial charge in [-0.2, -0.15) is 5.10 Å². The van der Waals surface area contributed by atoms with Gasteiger partial charge in [0, 0.05) is 69.0 Å². The summed E-state index contributed by atoms with van der Waals surface area (Å²) in [7, 11) is 0. The standard InChI is InChI=1S/C54H75F2N11O11/c1-33(2)46(63-42(69)19-10-7-13-27-65-43(70)22-23-44(65)71)51(75)61-39(18-14-26-60-53(58)78)50(74)62-40(52(76)77)17-11-12-25-59-49(73)38(57)24-28-66(45(72)32-68)48(54(3,4)5)47-35(29-34-15-8-6-9-16-34)31-67(64-47)41-30-36(55)20-21-37(41)56/h6,8-9,15-16,20-23,30-31,33,38-40,46,48,68H,7,10-14,17-19,24-29,32,57H2,1-5H3,(H,59,73)(H,61,75)(H,62,74)(H,63,69)(H,76,77)(H3,58,60,78)/t38-,39-,40-,46?,48-/m0/s1. The van der Waals surface area contributed by atoms with Crippen molar-refractivity contribution in [2.75, 3.05) is 32.8 Å². The van der Waals surface area contributed by atoms with E-state index in [1.165, 1.54) is 21.7 Å². The van der Waals surface area contributed by atoms with E-state index in [-0.39, 0.29) is 76.8 Å². The van der Waals surface area contributed by atoms with Crippen molar-refractivity contribution in [2.45, 2.75) is 135 Å². The number of hydrogen-bond acceptors (Lipinski definition) is 12. The molecule has 78 heavy (non-hydrogen) atoms.